The van der Waals surface area contributed by atoms with Gasteiger partial charge in [-0.15, -0.1) is 0 Å². The zero-order valence-electron chi connectivity index (χ0n) is 13.4. The molecule has 0 bridgehead atoms. The summed E-state index contributed by atoms with van der Waals surface area (Å²) >= 11 is 0. The maximum atomic E-state index is 5.87. The molecule has 0 radical (unpaired) electrons. The number of nitrogens with zero attached hydrogens (tertiary/aromatic N) is 1. The van der Waals surface area contributed by atoms with Gasteiger partial charge in [0.2, 0.25) is 0 Å². The molecule has 0 amide bonds. The molecule has 1 fully saturated rings. The van der Waals surface area contributed by atoms with Gasteiger partial charge in [0.1, 0.15) is 11.9 Å². The van der Waals surface area contributed by atoms with E-state index in [1.54, 1.807) is 0 Å². The highest BCUT2D eigenvalue weighted by Gasteiger charge is 2.31. The average molecular weight is 293 g/mol. The highest BCUT2D eigenvalue weighted by Crippen LogP contribution is 2.27. The van der Waals surface area contributed by atoms with Crippen LogP contribution in [0.3, 0.4) is 0 Å². The van der Waals surface area contributed by atoms with Crippen LogP contribution in [0.1, 0.15) is 45.7 Å². The van der Waals surface area contributed by atoms with Crippen molar-refractivity contribution in [2.24, 2.45) is 0 Å². The van der Waals surface area contributed by atoms with Crippen LogP contribution in [-0.4, -0.2) is 36.5 Å². The van der Waals surface area contributed by atoms with E-state index >= 15 is 0 Å². The van der Waals surface area contributed by atoms with Gasteiger partial charge in [-0.1, -0.05) is 0 Å². The number of rotatable bonds is 9. The Labute approximate surface area is 127 Å². The average Bonchev–Trinajstić information content (AvgIpc) is 2.43. The van der Waals surface area contributed by atoms with Crippen molar-refractivity contribution in [3.63, 3.8) is 0 Å². The molecule has 118 valence electrons. The Kier molecular flexibility index (Phi) is 6.46. The van der Waals surface area contributed by atoms with Gasteiger partial charge in [-0.2, -0.15) is 0 Å². The van der Waals surface area contributed by atoms with Crippen LogP contribution in [0, 0.1) is 0 Å². The Bertz CT molecular complexity index is 399. The summed E-state index contributed by atoms with van der Waals surface area (Å²) in [4.78, 5) is 4.45. The molecule has 4 nitrogen and oxygen atoms in total. The quantitative estimate of drug-likeness (QED) is 0.654. The number of ether oxygens (including phenoxy) is 3. The Balaban J connectivity index is 1.65. The van der Waals surface area contributed by atoms with Gasteiger partial charge in [-0.25, -0.2) is 0 Å². The minimum Gasteiger partial charge on any atom is -0.489 e. The summed E-state index contributed by atoms with van der Waals surface area (Å²) in [6.45, 7) is 7.72. The smallest absolute Gasteiger partial charge is 0.138 e. The number of hydrogen-bond acceptors (Lipinski definition) is 4. The molecule has 0 atom stereocenters. The van der Waals surface area contributed by atoms with E-state index in [2.05, 4.69) is 18.8 Å². The van der Waals surface area contributed by atoms with Gasteiger partial charge >= 0.3 is 0 Å². The van der Waals surface area contributed by atoms with Crippen molar-refractivity contribution >= 4 is 0 Å². The third-order valence-corrected chi connectivity index (χ3v) is 3.58. The largest absolute Gasteiger partial charge is 0.489 e. The molecule has 1 aromatic rings. The van der Waals surface area contributed by atoms with Crippen molar-refractivity contribution in [2.75, 3.05) is 13.2 Å². The minimum absolute atomic E-state index is 0.286. The standard InChI is InChI=1S/C17H27NO3/c1-4-19-16-10-17(11-16)21-15-8-7-14(18-12-15)6-5-9-20-13(2)3/h7-8,12-13,16-17H,4-6,9-11H2,1-3H3. The van der Waals surface area contributed by atoms with Crippen LogP contribution in [-0.2, 0) is 15.9 Å². The fourth-order valence-electron chi connectivity index (χ4n) is 2.38. The molecule has 21 heavy (non-hydrogen) atoms. The lowest BCUT2D eigenvalue weighted by atomic mass is 9.92. The first-order chi connectivity index (χ1) is 10.2. The second-order valence-electron chi connectivity index (χ2n) is 5.80. The van der Waals surface area contributed by atoms with Crippen molar-refractivity contribution in [2.45, 2.75) is 64.8 Å². The lowest BCUT2D eigenvalue weighted by Crippen LogP contribution is -2.39. The first-order valence-corrected chi connectivity index (χ1v) is 8.02. The van der Waals surface area contributed by atoms with Crippen molar-refractivity contribution in [1.29, 1.82) is 0 Å². The summed E-state index contributed by atoms with van der Waals surface area (Å²) in [5.41, 5.74) is 1.09. The van der Waals surface area contributed by atoms with Crippen LogP contribution in [0.25, 0.3) is 0 Å². The second kappa shape index (κ2) is 8.35. The molecule has 0 unspecified atom stereocenters. The molecule has 0 aliphatic heterocycles. The first-order valence-electron chi connectivity index (χ1n) is 8.02. The highest BCUT2D eigenvalue weighted by atomic mass is 16.5. The zero-order chi connectivity index (χ0) is 15.1. The first kappa shape index (κ1) is 16.2. The summed E-state index contributed by atoms with van der Waals surface area (Å²) in [6.07, 6.45) is 6.72. The number of hydrogen-bond donors (Lipinski definition) is 0. The van der Waals surface area contributed by atoms with Crippen molar-refractivity contribution < 1.29 is 14.2 Å². The van der Waals surface area contributed by atoms with E-state index in [0.29, 0.717) is 12.2 Å². The molecule has 1 aliphatic carbocycles. The molecule has 1 heterocycles. The van der Waals surface area contributed by atoms with Crippen molar-refractivity contribution in [3.8, 4) is 5.75 Å². The van der Waals surface area contributed by atoms with Crippen molar-refractivity contribution in [1.82, 2.24) is 4.98 Å². The van der Waals surface area contributed by atoms with Gasteiger partial charge in [0, 0.05) is 31.7 Å². The number of aryl methyl sites for hydroxylation is 1. The highest BCUT2D eigenvalue weighted by molar-refractivity contribution is 5.20. The molecule has 0 spiro atoms. The maximum absolute atomic E-state index is 5.87. The Morgan fingerprint density at radius 3 is 2.67 bits per heavy atom. The fraction of sp³-hybridized carbons (Fsp3) is 0.706. The summed E-state index contributed by atoms with van der Waals surface area (Å²) in [6, 6.07) is 4.06. The Morgan fingerprint density at radius 1 is 1.24 bits per heavy atom. The van der Waals surface area contributed by atoms with E-state index in [0.717, 1.165) is 50.3 Å². The fourth-order valence-corrected chi connectivity index (χ4v) is 2.38. The number of pyridine rings is 1. The molecule has 2 rings (SSSR count). The molecular formula is C17H27NO3. The van der Waals surface area contributed by atoms with Crippen LogP contribution >= 0.6 is 0 Å². The van der Waals surface area contributed by atoms with Gasteiger partial charge in [0.05, 0.1) is 18.4 Å². The maximum Gasteiger partial charge on any atom is 0.138 e. The molecule has 0 saturated heterocycles. The molecule has 1 aliphatic rings. The molecular weight excluding hydrogens is 266 g/mol. The Morgan fingerprint density at radius 2 is 2.05 bits per heavy atom. The molecule has 1 saturated carbocycles. The summed E-state index contributed by atoms with van der Waals surface area (Å²) in [7, 11) is 0. The predicted molar refractivity (Wildman–Crippen MR) is 82.7 cm³/mol. The van der Waals surface area contributed by atoms with Crippen LogP contribution in [0.5, 0.6) is 5.75 Å². The van der Waals surface area contributed by atoms with Crippen LogP contribution < -0.4 is 4.74 Å². The lowest BCUT2D eigenvalue weighted by molar-refractivity contribution is -0.0564. The van der Waals surface area contributed by atoms with Crippen LogP contribution in [0.15, 0.2) is 18.3 Å². The van der Waals surface area contributed by atoms with Gasteiger partial charge < -0.3 is 14.2 Å². The van der Waals surface area contributed by atoms with Crippen LogP contribution in [0.2, 0.25) is 0 Å². The van der Waals surface area contributed by atoms with E-state index in [1.807, 2.05) is 25.3 Å². The third kappa shape index (κ3) is 5.64. The monoisotopic (exact) mass is 293 g/mol. The van der Waals surface area contributed by atoms with E-state index in [4.69, 9.17) is 14.2 Å². The molecule has 0 aromatic carbocycles. The third-order valence-electron chi connectivity index (χ3n) is 3.58. The lowest BCUT2D eigenvalue weighted by Gasteiger charge is -2.34. The van der Waals surface area contributed by atoms with Gasteiger partial charge in [-0.05, 0) is 45.7 Å². The minimum atomic E-state index is 0.286. The van der Waals surface area contributed by atoms with E-state index in [1.165, 1.54) is 0 Å². The summed E-state index contributed by atoms with van der Waals surface area (Å²) in [5, 5.41) is 0. The van der Waals surface area contributed by atoms with Crippen molar-refractivity contribution in [3.05, 3.63) is 24.0 Å². The zero-order valence-corrected chi connectivity index (χ0v) is 13.4. The van der Waals surface area contributed by atoms with Crippen LogP contribution in [0.4, 0.5) is 0 Å². The van der Waals surface area contributed by atoms with E-state index in [9.17, 15) is 0 Å². The molecule has 1 aromatic heterocycles. The molecule has 0 N–H and O–H groups in total. The van der Waals surface area contributed by atoms with Gasteiger partial charge in [-0.3, -0.25) is 4.98 Å². The second-order valence-corrected chi connectivity index (χ2v) is 5.80. The predicted octanol–water partition coefficient (Wildman–Crippen LogP) is 3.39. The molecule has 4 heteroatoms. The van der Waals surface area contributed by atoms with E-state index < -0.39 is 0 Å². The normalized spacial score (nSPS) is 21.3. The summed E-state index contributed by atoms with van der Waals surface area (Å²) in [5.74, 6) is 0.858. The summed E-state index contributed by atoms with van der Waals surface area (Å²) < 4.78 is 16.9. The van der Waals surface area contributed by atoms with Gasteiger partial charge in [0.15, 0.2) is 0 Å². The Hall–Kier alpha value is -1.13. The topological polar surface area (TPSA) is 40.6 Å². The number of aromatic nitrogens is 1. The SMILES string of the molecule is CCOC1CC(Oc2ccc(CCCOC(C)C)nc2)C1. The van der Waals surface area contributed by atoms with Gasteiger partial charge in [0.25, 0.3) is 0 Å². The van der Waals surface area contributed by atoms with E-state index in [-0.39, 0.29) is 6.10 Å².